The van der Waals surface area contributed by atoms with Crippen LogP contribution in [-0.2, 0) is 0 Å². The van der Waals surface area contributed by atoms with Gasteiger partial charge >= 0.3 is 75.0 Å². The number of rotatable bonds is 0. The zero-order valence-electron chi connectivity index (χ0n) is 4.51. The number of halogens is 2. The first-order valence-electron chi connectivity index (χ1n) is 2.52. The van der Waals surface area contributed by atoms with Crippen LogP contribution in [0.15, 0.2) is 22.5 Å². The molecular weight excluding hydrogens is 340 g/mol. The van der Waals surface area contributed by atoms with Crippen LogP contribution in [0.3, 0.4) is 0 Å². The quantitative estimate of drug-likeness (QED) is 0.481. The molecule has 0 aromatic carbocycles. The number of hydrogen-bond donors (Lipinski definition) is 0. The zero-order chi connectivity index (χ0) is 6.10. The summed E-state index contributed by atoms with van der Waals surface area (Å²) in [6.45, 7) is 0. The predicted octanol–water partition coefficient (Wildman–Crippen LogP) is -1.37. The molecule has 3 heteroatoms. The van der Waals surface area contributed by atoms with E-state index in [0.29, 0.717) is 0 Å². The van der Waals surface area contributed by atoms with Crippen LogP contribution < -0.4 is 21.5 Å². The first-order chi connectivity index (χ1) is 4.47. The summed E-state index contributed by atoms with van der Waals surface area (Å²) in [4.78, 5) is 0. The van der Waals surface area contributed by atoms with E-state index in [-0.39, 0.29) is 42.2 Å². The molecule has 0 N–H and O–H groups in total. The van der Waals surface area contributed by atoms with Gasteiger partial charge in [0.25, 0.3) is 0 Å². The van der Waals surface area contributed by atoms with Crippen LogP contribution in [0, 0.1) is 0 Å². The van der Waals surface area contributed by atoms with Crippen molar-refractivity contribution in [3.63, 3.8) is 0 Å². The molecule has 0 amide bonds. The van der Waals surface area contributed by atoms with Crippen LogP contribution >= 0.6 is 20.7 Å². The Labute approximate surface area is 74.3 Å². The maximum atomic E-state index is 4.30. The predicted molar refractivity (Wildman–Crippen MR) is 44.7 cm³/mol. The molecule has 9 heavy (non-hydrogen) atoms. The van der Waals surface area contributed by atoms with Crippen molar-refractivity contribution >= 4 is 31.0 Å². The molecule has 0 bridgehead atoms. The summed E-state index contributed by atoms with van der Waals surface area (Å²) in [7, 11) is 0. The molecule has 0 atom stereocenters. The van der Waals surface area contributed by atoms with Gasteiger partial charge < -0.3 is 0 Å². The summed E-state index contributed by atoms with van der Waals surface area (Å²) in [5.74, 6) is 0. The Hall–Kier alpha value is 0.480. The van der Waals surface area contributed by atoms with Crippen molar-refractivity contribution in [2.75, 3.05) is 0 Å². The molecule has 48 valence electrons. The molecule has 2 rings (SSSR count). The van der Waals surface area contributed by atoms with Crippen molar-refractivity contribution in [1.29, 1.82) is 0 Å². The topological polar surface area (TPSA) is 12.4 Å². The zero-order valence-corrected chi connectivity index (χ0v) is 8.83. The third-order valence-corrected chi connectivity index (χ3v) is 7.39. The van der Waals surface area contributed by atoms with E-state index in [1.54, 1.807) is 1.59 Å². The molecule has 1 nitrogen and oxygen atoms in total. The first-order valence-corrected chi connectivity index (χ1v) is 6.89. The van der Waals surface area contributed by atoms with Crippen LogP contribution in [0.25, 0.3) is 0 Å². The summed E-state index contributed by atoms with van der Waals surface area (Å²) >= 11 is 0.359. The number of hydrogen-bond acceptors (Lipinski definition) is 1. The van der Waals surface area contributed by atoms with Crippen LogP contribution in [-0.4, -0.2) is 10.2 Å². The molecule has 0 spiro atoms. The van der Waals surface area contributed by atoms with Gasteiger partial charge in [-0.25, -0.2) is 0 Å². The van der Waals surface area contributed by atoms with E-state index < -0.39 is 0 Å². The van der Waals surface area contributed by atoms with E-state index in [1.165, 1.54) is 5.57 Å². The van der Waals surface area contributed by atoms with Crippen molar-refractivity contribution in [2.45, 2.75) is 0 Å². The fourth-order valence-electron chi connectivity index (χ4n) is 0.637. The van der Waals surface area contributed by atoms with Gasteiger partial charge in [0.2, 0.25) is 0 Å². The van der Waals surface area contributed by atoms with Gasteiger partial charge in [-0.15, -0.1) is 0 Å². The fourth-order valence-corrected chi connectivity index (χ4v) is 5.76. The molecular formula is C6H4I2N-. The molecule has 2 aliphatic heterocycles. The van der Waals surface area contributed by atoms with Crippen molar-refractivity contribution in [3.05, 3.63) is 19.3 Å². The Balaban J connectivity index is 2.49. The van der Waals surface area contributed by atoms with Crippen LogP contribution in [0.5, 0.6) is 0 Å². The minimum absolute atomic E-state index is 0.0964. The second-order valence-corrected chi connectivity index (χ2v) is 8.22. The van der Waals surface area contributed by atoms with Gasteiger partial charge in [-0.05, 0) is 0 Å². The van der Waals surface area contributed by atoms with Gasteiger partial charge in [-0.1, -0.05) is 0 Å². The summed E-state index contributed by atoms with van der Waals surface area (Å²) in [6, 6.07) is 0. The average molecular weight is 344 g/mol. The van der Waals surface area contributed by atoms with E-state index in [0.717, 1.165) is 0 Å². The van der Waals surface area contributed by atoms with E-state index in [4.69, 9.17) is 0 Å². The third kappa shape index (κ3) is 1.17. The SMILES string of the molecule is C1=CC2=C(I=C1)[I-]N=C2. The van der Waals surface area contributed by atoms with Gasteiger partial charge in [-0.2, -0.15) is 0 Å². The molecule has 2 heterocycles. The molecule has 0 radical (unpaired) electrons. The number of allylic oxidation sites excluding steroid dienone is 3. The second-order valence-electron chi connectivity index (χ2n) is 1.62. The molecule has 0 aliphatic carbocycles. The van der Waals surface area contributed by atoms with Gasteiger partial charge in [0.05, 0.1) is 0 Å². The molecule has 0 unspecified atom stereocenters. The number of nitrogens with zero attached hydrogens (tertiary/aromatic N) is 1. The third-order valence-electron chi connectivity index (χ3n) is 1.04. The summed E-state index contributed by atoms with van der Waals surface area (Å²) in [6.07, 6.45) is 6.37. The standard InChI is InChI=1S/C6H4I2N/c1-2-5-4-9-8-6(5)7-3-1/h1-4H/q-1. The average Bonchev–Trinajstić information content (AvgIpc) is 2.33. The van der Waals surface area contributed by atoms with Gasteiger partial charge in [-0.3, -0.25) is 0 Å². The summed E-state index contributed by atoms with van der Waals surface area (Å²) in [5, 5.41) is 0. The second kappa shape index (κ2) is 2.61. The summed E-state index contributed by atoms with van der Waals surface area (Å²) in [5.41, 5.74) is 1.43. The van der Waals surface area contributed by atoms with Gasteiger partial charge in [0, 0.05) is 0 Å². The minimum atomic E-state index is 0.0964. The molecule has 0 saturated heterocycles. The Morgan fingerprint density at radius 1 is 1.56 bits per heavy atom. The van der Waals surface area contributed by atoms with E-state index in [2.05, 4.69) is 19.4 Å². The van der Waals surface area contributed by atoms with Crippen LogP contribution in [0.4, 0.5) is 0 Å². The van der Waals surface area contributed by atoms with Crippen LogP contribution in [0.1, 0.15) is 0 Å². The van der Waals surface area contributed by atoms with Gasteiger partial charge in [0.1, 0.15) is 0 Å². The van der Waals surface area contributed by atoms with E-state index >= 15 is 0 Å². The van der Waals surface area contributed by atoms with Crippen LogP contribution in [0.2, 0.25) is 0 Å². The van der Waals surface area contributed by atoms with Crippen molar-refractivity contribution < 1.29 is 21.5 Å². The Bertz CT molecular complexity index is 248. The summed E-state index contributed by atoms with van der Waals surface area (Å²) < 4.78 is 8.30. The monoisotopic (exact) mass is 344 g/mol. The molecule has 0 saturated carbocycles. The van der Waals surface area contributed by atoms with Gasteiger partial charge in [0.15, 0.2) is 0 Å². The molecule has 0 fully saturated rings. The van der Waals surface area contributed by atoms with Crippen molar-refractivity contribution in [1.82, 2.24) is 0 Å². The first kappa shape index (κ1) is 6.21. The molecule has 0 aromatic heterocycles. The normalized spacial score (nSPS) is 23.1. The molecule has 2 aliphatic rings. The van der Waals surface area contributed by atoms with E-state index in [9.17, 15) is 0 Å². The Kier molecular flexibility index (Phi) is 1.80. The maximum absolute atomic E-state index is 4.30. The van der Waals surface area contributed by atoms with E-state index in [1.807, 2.05) is 6.21 Å². The Morgan fingerprint density at radius 3 is 3.44 bits per heavy atom. The van der Waals surface area contributed by atoms with Crippen molar-refractivity contribution in [2.24, 2.45) is 3.21 Å². The fraction of sp³-hybridized carbons (Fsp3) is 0. The Morgan fingerprint density at radius 2 is 2.56 bits per heavy atom. The molecule has 0 aromatic rings. The van der Waals surface area contributed by atoms with Crippen molar-refractivity contribution in [3.8, 4) is 0 Å².